The van der Waals surface area contributed by atoms with Gasteiger partial charge in [-0.3, -0.25) is 0 Å². The van der Waals surface area contributed by atoms with Crippen LogP contribution in [0.5, 0.6) is 11.5 Å². The Balaban J connectivity index is 2.06. The summed E-state index contributed by atoms with van der Waals surface area (Å²) >= 11 is 0. The minimum Gasteiger partial charge on any atom is -0.457 e. The molecule has 0 fully saturated rings. The van der Waals surface area contributed by atoms with Gasteiger partial charge in [-0.2, -0.15) is 13.2 Å². The SMILES string of the molecule is Cc1cc(NCCN)cc(OCOc2cc(NCCN)cc(C(F)(F)F)c2)c1. The number of rotatable bonds is 10. The third-order valence-corrected chi connectivity index (χ3v) is 3.68. The zero-order valence-corrected chi connectivity index (χ0v) is 15.6. The lowest BCUT2D eigenvalue weighted by Crippen LogP contribution is -2.15. The number of aryl methyl sites for hydroxylation is 1. The molecule has 0 aliphatic carbocycles. The zero-order chi connectivity index (χ0) is 20.6. The molecule has 2 aromatic rings. The molecule has 0 bridgehead atoms. The first kappa shape index (κ1) is 21.6. The molecule has 0 heterocycles. The van der Waals surface area contributed by atoms with Crippen LogP contribution in [-0.2, 0) is 6.18 Å². The summed E-state index contributed by atoms with van der Waals surface area (Å²) in [5.41, 5.74) is 12.1. The Morgan fingerprint density at radius 1 is 0.821 bits per heavy atom. The summed E-state index contributed by atoms with van der Waals surface area (Å²) in [4.78, 5) is 0. The minimum atomic E-state index is -4.49. The molecule has 0 unspecified atom stereocenters. The highest BCUT2D eigenvalue weighted by molar-refractivity contribution is 5.52. The summed E-state index contributed by atoms with van der Waals surface area (Å²) in [6.45, 7) is 3.41. The Hall–Kier alpha value is -2.65. The van der Waals surface area contributed by atoms with Gasteiger partial charge in [0.05, 0.1) is 5.56 Å². The molecule has 9 heteroatoms. The Kier molecular flexibility index (Phi) is 7.77. The third-order valence-electron chi connectivity index (χ3n) is 3.68. The smallest absolute Gasteiger partial charge is 0.416 e. The van der Waals surface area contributed by atoms with E-state index in [-0.39, 0.29) is 18.2 Å². The van der Waals surface area contributed by atoms with E-state index in [1.807, 2.05) is 13.0 Å². The number of nitrogens with two attached hydrogens (primary N) is 2. The van der Waals surface area contributed by atoms with Gasteiger partial charge in [0.1, 0.15) is 11.5 Å². The molecule has 0 saturated carbocycles. The van der Waals surface area contributed by atoms with E-state index in [4.69, 9.17) is 20.9 Å². The van der Waals surface area contributed by atoms with Crippen LogP contribution in [0.2, 0.25) is 0 Å². The molecule has 0 aliphatic heterocycles. The van der Waals surface area contributed by atoms with Gasteiger partial charge >= 0.3 is 6.18 Å². The molecule has 0 amide bonds. The highest BCUT2D eigenvalue weighted by Gasteiger charge is 2.31. The molecule has 2 rings (SSSR count). The van der Waals surface area contributed by atoms with E-state index < -0.39 is 11.7 Å². The number of hydrogen-bond donors (Lipinski definition) is 4. The van der Waals surface area contributed by atoms with Gasteiger partial charge < -0.3 is 31.6 Å². The number of ether oxygens (including phenoxy) is 2. The number of halogens is 3. The molecule has 6 N–H and O–H groups in total. The lowest BCUT2D eigenvalue weighted by atomic mass is 10.2. The molecule has 0 spiro atoms. The first-order chi connectivity index (χ1) is 13.3. The summed E-state index contributed by atoms with van der Waals surface area (Å²) in [5, 5.41) is 5.97. The van der Waals surface area contributed by atoms with Crippen molar-refractivity contribution in [1.82, 2.24) is 0 Å². The third kappa shape index (κ3) is 6.82. The van der Waals surface area contributed by atoms with Gasteiger partial charge in [-0.25, -0.2) is 0 Å². The van der Waals surface area contributed by atoms with Crippen molar-refractivity contribution in [2.75, 3.05) is 43.6 Å². The van der Waals surface area contributed by atoms with Crippen LogP contribution in [0.15, 0.2) is 36.4 Å². The Labute approximate surface area is 162 Å². The quantitative estimate of drug-likeness (QED) is 0.459. The lowest BCUT2D eigenvalue weighted by molar-refractivity contribution is -0.137. The van der Waals surface area contributed by atoms with Crippen molar-refractivity contribution >= 4 is 11.4 Å². The van der Waals surface area contributed by atoms with Crippen molar-refractivity contribution in [3.63, 3.8) is 0 Å². The van der Waals surface area contributed by atoms with Crippen molar-refractivity contribution < 1.29 is 22.6 Å². The van der Waals surface area contributed by atoms with Crippen LogP contribution in [0.1, 0.15) is 11.1 Å². The number of nitrogens with one attached hydrogen (secondary N) is 2. The monoisotopic (exact) mass is 398 g/mol. The van der Waals surface area contributed by atoms with Crippen molar-refractivity contribution in [2.24, 2.45) is 11.5 Å². The maximum absolute atomic E-state index is 13.1. The average Bonchev–Trinajstić information content (AvgIpc) is 2.63. The van der Waals surface area contributed by atoms with Gasteiger partial charge in [0.15, 0.2) is 0 Å². The molecule has 154 valence electrons. The Morgan fingerprint density at radius 3 is 1.89 bits per heavy atom. The maximum Gasteiger partial charge on any atom is 0.416 e. The van der Waals surface area contributed by atoms with Crippen LogP contribution >= 0.6 is 0 Å². The lowest BCUT2D eigenvalue weighted by Gasteiger charge is -2.15. The van der Waals surface area contributed by atoms with Gasteiger partial charge in [0.2, 0.25) is 6.79 Å². The molecular formula is C19H25F3N4O2. The Morgan fingerprint density at radius 2 is 1.36 bits per heavy atom. The second-order valence-electron chi connectivity index (χ2n) is 6.12. The van der Waals surface area contributed by atoms with Gasteiger partial charge in [-0.05, 0) is 36.8 Å². The molecule has 6 nitrogen and oxygen atoms in total. The molecule has 28 heavy (non-hydrogen) atoms. The molecule has 0 saturated heterocycles. The topological polar surface area (TPSA) is 94.6 Å². The summed E-state index contributed by atoms with van der Waals surface area (Å²) in [5.74, 6) is 0.580. The van der Waals surface area contributed by atoms with E-state index in [0.29, 0.717) is 31.9 Å². The van der Waals surface area contributed by atoms with Gasteiger partial charge in [0, 0.05) is 49.7 Å². The molecule has 0 aromatic heterocycles. The number of hydrogen-bond acceptors (Lipinski definition) is 6. The van der Waals surface area contributed by atoms with Crippen LogP contribution in [0.3, 0.4) is 0 Å². The molecule has 0 radical (unpaired) electrons. The standard InChI is InChI=1S/C19H25F3N4O2/c1-13-6-15(25-4-2-23)10-17(7-13)27-12-28-18-9-14(19(20,21)22)8-16(11-18)26-5-3-24/h6-11,25-26H,2-5,12,23-24H2,1H3. The molecule has 0 atom stereocenters. The van der Waals surface area contributed by atoms with E-state index in [2.05, 4.69) is 10.6 Å². The van der Waals surface area contributed by atoms with E-state index in [0.717, 1.165) is 23.4 Å². The highest BCUT2D eigenvalue weighted by atomic mass is 19.4. The van der Waals surface area contributed by atoms with Gasteiger partial charge in [-0.1, -0.05) is 0 Å². The van der Waals surface area contributed by atoms with Crippen LogP contribution in [0.4, 0.5) is 24.5 Å². The van der Waals surface area contributed by atoms with E-state index >= 15 is 0 Å². The van der Waals surface area contributed by atoms with Crippen LogP contribution in [0.25, 0.3) is 0 Å². The van der Waals surface area contributed by atoms with E-state index in [1.165, 1.54) is 6.07 Å². The van der Waals surface area contributed by atoms with E-state index in [1.54, 1.807) is 12.1 Å². The van der Waals surface area contributed by atoms with Crippen molar-refractivity contribution in [3.05, 3.63) is 47.5 Å². The second-order valence-corrected chi connectivity index (χ2v) is 6.12. The summed E-state index contributed by atoms with van der Waals surface area (Å²) in [6, 6.07) is 8.93. The fourth-order valence-corrected chi connectivity index (χ4v) is 2.48. The summed E-state index contributed by atoms with van der Waals surface area (Å²) in [7, 11) is 0. The summed E-state index contributed by atoms with van der Waals surface area (Å²) in [6.07, 6.45) is -4.49. The first-order valence-electron chi connectivity index (χ1n) is 8.79. The van der Waals surface area contributed by atoms with Gasteiger partial charge in [-0.15, -0.1) is 0 Å². The maximum atomic E-state index is 13.1. The molecular weight excluding hydrogens is 373 g/mol. The van der Waals surface area contributed by atoms with E-state index in [9.17, 15) is 13.2 Å². The molecule has 0 aliphatic rings. The zero-order valence-electron chi connectivity index (χ0n) is 15.6. The first-order valence-corrected chi connectivity index (χ1v) is 8.79. The second kappa shape index (κ2) is 10.0. The predicted octanol–water partition coefficient (Wildman–Crippen LogP) is 3.17. The van der Waals surface area contributed by atoms with Crippen molar-refractivity contribution in [3.8, 4) is 11.5 Å². The minimum absolute atomic E-state index is 0.0449. The van der Waals surface area contributed by atoms with Crippen LogP contribution in [-0.4, -0.2) is 33.0 Å². The van der Waals surface area contributed by atoms with Crippen LogP contribution in [0, 0.1) is 6.92 Å². The highest BCUT2D eigenvalue weighted by Crippen LogP contribution is 2.34. The Bertz CT molecular complexity index is 769. The summed E-state index contributed by atoms with van der Waals surface area (Å²) < 4.78 is 50.2. The normalized spacial score (nSPS) is 11.2. The molecule has 2 aromatic carbocycles. The number of benzene rings is 2. The van der Waals surface area contributed by atoms with Gasteiger partial charge in [0.25, 0.3) is 0 Å². The number of anilines is 2. The fraction of sp³-hybridized carbons (Fsp3) is 0.368. The van der Waals surface area contributed by atoms with Crippen LogP contribution < -0.4 is 31.6 Å². The predicted molar refractivity (Wildman–Crippen MR) is 104 cm³/mol. The number of alkyl halides is 3. The fourth-order valence-electron chi connectivity index (χ4n) is 2.48. The van der Waals surface area contributed by atoms with Crippen molar-refractivity contribution in [1.29, 1.82) is 0 Å². The average molecular weight is 398 g/mol. The largest absolute Gasteiger partial charge is 0.457 e. The van der Waals surface area contributed by atoms with Crippen molar-refractivity contribution in [2.45, 2.75) is 13.1 Å².